The molecule has 25 heavy (non-hydrogen) atoms. The van der Waals surface area contributed by atoms with Crippen molar-refractivity contribution in [3.63, 3.8) is 0 Å². The highest BCUT2D eigenvalue weighted by Crippen LogP contribution is 2.17. The summed E-state index contributed by atoms with van der Waals surface area (Å²) in [5.74, 6) is 0.413. The van der Waals surface area contributed by atoms with Crippen molar-refractivity contribution in [1.82, 2.24) is 15.1 Å². The summed E-state index contributed by atoms with van der Waals surface area (Å²) in [6, 6.07) is 6.24. The third kappa shape index (κ3) is 4.89. The van der Waals surface area contributed by atoms with E-state index >= 15 is 0 Å². The van der Waals surface area contributed by atoms with E-state index in [0.29, 0.717) is 6.42 Å². The van der Waals surface area contributed by atoms with Gasteiger partial charge >= 0.3 is 0 Å². The van der Waals surface area contributed by atoms with Crippen molar-refractivity contribution < 1.29 is 9.59 Å². The Morgan fingerprint density at radius 2 is 1.76 bits per heavy atom. The molecule has 0 aliphatic carbocycles. The summed E-state index contributed by atoms with van der Waals surface area (Å²) in [6.45, 7) is 8.04. The lowest BCUT2D eigenvalue weighted by Crippen LogP contribution is -2.48. The van der Waals surface area contributed by atoms with Crippen LogP contribution in [0, 0.1) is 0 Å². The molecule has 1 saturated heterocycles. The predicted octanol–water partition coefficient (Wildman–Crippen LogP) is 1.50. The van der Waals surface area contributed by atoms with E-state index in [0.717, 1.165) is 70.6 Å². The molecular weight excluding hydrogens is 314 g/mol. The van der Waals surface area contributed by atoms with E-state index < -0.39 is 0 Å². The average Bonchev–Trinajstić information content (AvgIpc) is 2.86. The number of nitrogens with one attached hydrogen (secondary N) is 1. The molecule has 1 aromatic rings. The molecule has 0 spiro atoms. The molecule has 0 saturated carbocycles. The number of hydrogen-bond donors (Lipinski definition) is 1. The van der Waals surface area contributed by atoms with Crippen molar-refractivity contribution in [2.45, 2.75) is 32.6 Å². The molecule has 2 heterocycles. The Hall–Kier alpha value is -1.72. The lowest BCUT2D eigenvalue weighted by atomic mass is 9.97. The number of hydrogen-bond acceptors (Lipinski definition) is 4. The molecule has 0 atom stereocenters. The number of amides is 1. The number of benzene rings is 1. The standard InChI is InChI=1S/C20H29N3O2/c1-16(24)23-13-11-22(12-14-23)10-2-3-20(25)19-5-4-17-6-8-21-9-7-18(17)15-19/h4-5,15,21H,2-3,6-14H2,1H3. The molecule has 1 aromatic carbocycles. The first-order chi connectivity index (χ1) is 12.1. The summed E-state index contributed by atoms with van der Waals surface area (Å²) in [6.07, 6.45) is 3.55. The fraction of sp³-hybridized carbons (Fsp3) is 0.600. The smallest absolute Gasteiger partial charge is 0.219 e. The van der Waals surface area contributed by atoms with Crippen LogP contribution in [0.3, 0.4) is 0 Å². The van der Waals surface area contributed by atoms with Crippen molar-refractivity contribution in [3.05, 3.63) is 34.9 Å². The van der Waals surface area contributed by atoms with Gasteiger partial charge in [0, 0.05) is 45.1 Å². The molecule has 0 unspecified atom stereocenters. The Morgan fingerprint density at radius 3 is 2.48 bits per heavy atom. The van der Waals surface area contributed by atoms with Crippen molar-refractivity contribution >= 4 is 11.7 Å². The fourth-order valence-electron chi connectivity index (χ4n) is 3.74. The van der Waals surface area contributed by atoms with E-state index in [1.807, 2.05) is 11.0 Å². The third-order valence-corrected chi connectivity index (χ3v) is 5.37. The van der Waals surface area contributed by atoms with Gasteiger partial charge in [-0.05, 0) is 56.1 Å². The van der Waals surface area contributed by atoms with Gasteiger partial charge in [-0.25, -0.2) is 0 Å². The zero-order chi connectivity index (χ0) is 17.6. The van der Waals surface area contributed by atoms with Crippen LogP contribution in [-0.2, 0) is 17.6 Å². The molecule has 5 heteroatoms. The van der Waals surface area contributed by atoms with Crippen LogP contribution in [0.25, 0.3) is 0 Å². The first-order valence-electron chi connectivity index (χ1n) is 9.47. The topological polar surface area (TPSA) is 52.7 Å². The van der Waals surface area contributed by atoms with Gasteiger partial charge in [0.1, 0.15) is 0 Å². The molecule has 1 amide bonds. The molecule has 3 rings (SSSR count). The number of Topliss-reactive ketones (excluding diaryl/α,β-unsaturated/α-hetero) is 1. The molecular formula is C20H29N3O2. The monoisotopic (exact) mass is 343 g/mol. The molecule has 2 aliphatic rings. The van der Waals surface area contributed by atoms with E-state index in [2.05, 4.69) is 22.3 Å². The van der Waals surface area contributed by atoms with E-state index in [9.17, 15) is 9.59 Å². The lowest BCUT2D eigenvalue weighted by Gasteiger charge is -2.34. The highest BCUT2D eigenvalue weighted by molar-refractivity contribution is 5.96. The SMILES string of the molecule is CC(=O)N1CCN(CCCC(=O)c2ccc3c(c2)CCNCC3)CC1. The number of carbonyl (C=O) groups is 2. The Kier molecular flexibility index (Phi) is 6.21. The number of fused-ring (bicyclic) bond motifs is 1. The summed E-state index contributed by atoms with van der Waals surface area (Å²) in [7, 11) is 0. The van der Waals surface area contributed by atoms with E-state index in [4.69, 9.17) is 0 Å². The van der Waals surface area contributed by atoms with Crippen LogP contribution in [0.5, 0.6) is 0 Å². The summed E-state index contributed by atoms with van der Waals surface area (Å²) in [5.41, 5.74) is 3.57. The Balaban J connectivity index is 1.45. The zero-order valence-corrected chi connectivity index (χ0v) is 15.2. The molecule has 0 bridgehead atoms. The van der Waals surface area contributed by atoms with Gasteiger partial charge in [-0.3, -0.25) is 14.5 Å². The van der Waals surface area contributed by atoms with E-state index in [-0.39, 0.29) is 11.7 Å². The first-order valence-corrected chi connectivity index (χ1v) is 9.47. The lowest BCUT2D eigenvalue weighted by molar-refractivity contribution is -0.130. The second-order valence-electron chi connectivity index (χ2n) is 7.11. The maximum atomic E-state index is 12.5. The summed E-state index contributed by atoms with van der Waals surface area (Å²) in [5, 5.41) is 3.41. The number of nitrogens with zero attached hydrogens (tertiary/aromatic N) is 2. The van der Waals surface area contributed by atoms with E-state index in [1.165, 1.54) is 11.1 Å². The molecule has 136 valence electrons. The van der Waals surface area contributed by atoms with Gasteiger partial charge in [0.2, 0.25) is 5.91 Å². The average molecular weight is 343 g/mol. The van der Waals surface area contributed by atoms with Gasteiger partial charge in [0.15, 0.2) is 5.78 Å². The van der Waals surface area contributed by atoms with E-state index in [1.54, 1.807) is 6.92 Å². The highest BCUT2D eigenvalue weighted by atomic mass is 16.2. The van der Waals surface area contributed by atoms with Gasteiger partial charge in [0.05, 0.1) is 0 Å². The molecule has 1 N–H and O–H groups in total. The molecule has 0 aromatic heterocycles. The minimum absolute atomic E-state index is 0.160. The highest BCUT2D eigenvalue weighted by Gasteiger charge is 2.18. The van der Waals surface area contributed by atoms with Crippen molar-refractivity contribution in [2.24, 2.45) is 0 Å². The van der Waals surface area contributed by atoms with Crippen LogP contribution < -0.4 is 5.32 Å². The van der Waals surface area contributed by atoms with Gasteiger partial charge in [-0.2, -0.15) is 0 Å². The van der Waals surface area contributed by atoms with Crippen LogP contribution in [0.1, 0.15) is 41.3 Å². The predicted molar refractivity (Wildman–Crippen MR) is 99.0 cm³/mol. The summed E-state index contributed by atoms with van der Waals surface area (Å²) < 4.78 is 0. The normalized spacial score (nSPS) is 18.5. The van der Waals surface area contributed by atoms with Crippen molar-refractivity contribution in [3.8, 4) is 0 Å². The van der Waals surface area contributed by atoms with Crippen LogP contribution in [0.15, 0.2) is 18.2 Å². The Bertz CT molecular complexity index is 621. The number of ketones is 1. The van der Waals surface area contributed by atoms with Crippen molar-refractivity contribution in [2.75, 3.05) is 45.8 Å². The van der Waals surface area contributed by atoms with Gasteiger partial charge < -0.3 is 10.2 Å². The van der Waals surface area contributed by atoms with Gasteiger partial charge in [-0.1, -0.05) is 12.1 Å². The van der Waals surface area contributed by atoms with Crippen LogP contribution >= 0.6 is 0 Å². The zero-order valence-electron chi connectivity index (χ0n) is 15.2. The van der Waals surface area contributed by atoms with Gasteiger partial charge in [0.25, 0.3) is 0 Å². The molecule has 2 aliphatic heterocycles. The molecule has 1 fully saturated rings. The maximum Gasteiger partial charge on any atom is 0.219 e. The summed E-state index contributed by atoms with van der Waals surface area (Å²) in [4.78, 5) is 28.1. The molecule has 5 nitrogen and oxygen atoms in total. The third-order valence-electron chi connectivity index (χ3n) is 5.37. The number of piperazine rings is 1. The fourth-order valence-corrected chi connectivity index (χ4v) is 3.74. The minimum Gasteiger partial charge on any atom is -0.340 e. The van der Waals surface area contributed by atoms with Crippen molar-refractivity contribution in [1.29, 1.82) is 0 Å². The second-order valence-corrected chi connectivity index (χ2v) is 7.11. The Labute approximate surface area is 150 Å². The quantitative estimate of drug-likeness (QED) is 0.824. The van der Waals surface area contributed by atoms with Crippen LogP contribution in [0.2, 0.25) is 0 Å². The minimum atomic E-state index is 0.160. The Morgan fingerprint density at radius 1 is 1.04 bits per heavy atom. The van der Waals surface area contributed by atoms with Crippen LogP contribution in [-0.4, -0.2) is 67.3 Å². The number of rotatable bonds is 5. The van der Waals surface area contributed by atoms with Crippen LogP contribution in [0.4, 0.5) is 0 Å². The van der Waals surface area contributed by atoms with Gasteiger partial charge in [-0.15, -0.1) is 0 Å². The number of carbonyl (C=O) groups excluding carboxylic acids is 2. The first kappa shape index (κ1) is 18.1. The largest absolute Gasteiger partial charge is 0.340 e. The second kappa shape index (κ2) is 8.59. The molecule has 0 radical (unpaired) electrons. The maximum absolute atomic E-state index is 12.5. The summed E-state index contributed by atoms with van der Waals surface area (Å²) >= 11 is 0.